The number of rotatable bonds is 6. The van der Waals surface area contributed by atoms with Crippen LogP contribution < -0.4 is 5.32 Å². The Bertz CT molecular complexity index is 824. The molecular formula is C16H18N4OS2. The lowest BCUT2D eigenvalue weighted by molar-refractivity contribution is 0.0949. The summed E-state index contributed by atoms with van der Waals surface area (Å²) < 4.78 is 1.87. The number of amides is 1. The van der Waals surface area contributed by atoms with Gasteiger partial charge >= 0.3 is 0 Å². The third-order valence-electron chi connectivity index (χ3n) is 3.37. The van der Waals surface area contributed by atoms with Gasteiger partial charge in [0.1, 0.15) is 16.3 Å². The SMILES string of the molecule is CSCc1nc(CCNC(=O)c2cn3cc(C)ccc3n2)cs1. The molecule has 1 amide bonds. The molecule has 5 nitrogen and oxygen atoms in total. The highest BCUT2D eigenvalue weighted by molar-refractivity contribution is 7.97. The number of fused-ring (bicyclic) bond motifs is 1. The minimum atomic E-state index is -0.147. The number of pyridine rings is 1. The van der Waals surface area contributed by atoms with Crippen LogP contribution in [-0.4, -0.2) is 33.1 Å². The van der Waals surface area contributed by atoms with Crippen LogP contribution >= 0.6 is 23.1 Å². The van der Waals surface area contributed by atoms with E-state index in [0.717, 1.165) is 34.1 Å². The van der Waals surface area contributed by atoms with Crippen LogP contribution in [0.1, 0.15) is 26.8 Å². The first-order chi connectivity index (χ1) is 11.2. The first kappa shape index (κ1) is 16.0. The monoisotopic (exact) mass is 346 g/mol. The molecule has 0 aliphatic rings. The number of aromatic nitrogens is 3. The number of carbonyl (C=O) groups is 1. The molecule has 3 rings (SSSR count). The van der Waals surface area contributed by atoms with Crippen LogP contribution in [0.25, 0.3) is 5.65 Å². The maximum atomic E-state index is 12.2. The summed E-state index contributed by atoms with van der Waals surface area (Å²) >= 11 is 3.44. The fourth-order valence-corrected chi connectivity index (χ4v) is 3.81. The largest absolute Gasteiger partial charge is 0.350 e. The van der Waals surface area contributed by atoms with Crippen LogP contribution in [0.4, 0.5) is 0 Å². The molecule has 0 saturated heterocycles. The molecule has 0 aliphatic carbocycles. The number of aryl methyl sites for hydroxylation is 1. The van der Waals surface area contributed by atoms with Crippen LogP contribution in [0, 0.1) is 6.92 Å². The topological polar surface area (TPSA) is 59.3 Å². The first-order valence-electron chi connectivity index (χ1n) is 7.31. The number of thiazole rings is 1. The number of nitrogens with zero attached hydrogens (tertiary/aromatic N) is 3. The average Bonchev–Trinajstić information content (AvgIpc) is 3.14. The lowest BCUT2D eigenvalue weighted by atomic mass is 10.3. The summed E-state index contributed by atoms with van der Waals surface area (Å²) in [4.78, 5) is 21.1. The number of hydrogen-bond donors (Lipinski definition) is 1. The van der Waals surface area contributed by atoms with E-state index in [1.807, 2.05) is 29.7 Å². The maximum absolute atomic E-state index is 12.2. The Morgan fingerprint density at radius 1 is 1.35 bits per heavy atom. The summed E-state index contributed by atoms with van der Waals surface area (Å²) in [6, 6.07) is 3.90. The van der Waals surface area contributed by atoms with Crippen molar-refractivity contribution in [2.45, 2.75) is 19.1 Å². The average molecular weight is 346 g/mol. The molecule has 7 heteroatoms. The Labute approximate surface area is 143 Å². The van der Waals surface area contributed by atoms with Crippen molar-refractivity contribution in [3.8, 4) is 0 Å². The summed E-state index contributed by atoms with van der Waals surface area (Å²) in [6.45, 7) is 2.58. The Balaban J connectivity index is 1.57. The van der Waals surface area contributed by atoms with Gasteiger partial charge < -0.3 is 9.72 Å². The molecule has 3 aromatic rings. The predicted octanol–water partition coefficient (Wildman–Crippen LogP) is 2.93. The van der Waals surface area contributed by atoms with Crippen molar-refractivity contribution in [1.29, 1.82) is 0 Å². The minimum absolute atomic E-state index is 0.147. The summed E-state index contributed by atoms with van der Waals surface area (Å²) in [7, 11) is 0. The third-order valence-corrected chi connectivity index (χ3v) is 5.01. The zero-order valence-electron chi connectivity index (χ0n) is 13.1. The van der Waals surface area contributed by atoms with Gasteiger partial charge in [-0.05, 0) is 24.8 Å². The van der Waals surface area contributed by atoms with Crippen LogP contribution in [0.5, 0.6) is 0 Å². The molecule has 1 N–H and O–H groups in total. The Morgan fingerprint density at radius 3 is 3.04 bits per heavy atom. The number of hydrogen-bond acceptors (Lipinski definition) is 5. The molecule has 0 aliphatic heterocycles. The van der Waals surface area contributed by atoms with E-state index in [4.69, 9.17) is 0 Å². The van der Waals surface area contributed by atoms with Crippen LogP contribution in [-0.2, 0) is 12.2 Å². The van der Waals surface area contributed by atoms with Gasteiger partial charge in [-0.25, -0.2) is 9.97 Å². The van der Waals surface area contributed by atoms with Crippen molar-refractivity contribution in [2.75, 3.05) is 12.8 Å². The van der Waals surface area contributed by atoms with Crippen molar-refractivity contribution in [1.82, 2.24) is 19.7 Å². The highest BCUT2D eigenvalue weighted by atomic mass is 32.2. The number of thioether (sulfide) groups is 1. The van der Waals surface area contributed by atoms with E-state index in [1.54, 1.807) is 29.3 Å². The highest BCUT2D eigenvalue weighted by Gasteiger charge is 2.10. The molecule has 0 bridgehead atoms. The van der Waals surface area contributed by atoms with Crippen molar-refractivity contribution in [2.24, 2.45) is 0 Å². The molecule has 0 aromatic carbocycles. The Kier molecular flexibility index (Phi) is 4.97. The summed E-state index contributed by atoms with van der Waals surface area (Å²) in [5, 5.41) is 6.10. The quantitative estimate of drug-likeness (QED) is 0.745. The van der Waals surface area contributed by atoms with E-state index in [0.29, 0.717) is 12.2 Å². The van der Waals surface area contributed by atoms with Crippen LogP contribution in [0.2, 0.25) is 0 Å². The molecule has 0 spiro atoms. The van der Waals surface area contributed by atoms with Crippen molar-refractivity contribution < 1.29 is 4.79 Å². The van der Waals surface area contributed by atoms with E-state index >= 15 is 0 Å². The molecule has 3 aromatic heterocycles. The standard InChI is InChI=1S/C16H18N4OS2/c1-11-3-4-14-19-13(8-20(14)7-11)16(21)17-6-5-12-9-23-15(18-12)10-22-2/h3-4,7-9H,5-6,10H2,1-2H3,(H,17,21). The molecule has 120 valence electrons. The van der Waals surface area contributed by atoms with Crippen LogP contribution in [0.3, 0.4) is 0 Å². The second kappa shape index (κ2) is 7.14. The van der Waals surface area contributed by atoms with E-state index in [-0.39, 0.29) is 5.91 Å². The van der Waals surface area contributed by atoms with Gasteiger partial charge in [-0.1, -0.05) is 6.07 Å². The fourth-order valence-electron chi connectivity index (χ4n) is 2.26. The molecule has 0 atom stereocenters. The Hall–Kier alpha value is -1.86. The van der Waals surface area contributed by atoms with Gasteiger partial charge in [0.05, 0.1) is 5.69 Å². The van der Waals surface area contributed by atoms with Gasteiger partial charge in [0.15, 0.2) is 0 Å². The zero-order chi connectivity index (χ0) is 16.2. The van der Waals surface area contributed by atoms with Gasteiger partial charge in [0.2, 0.25) is 0 Å². The van der Waals surface area contributed by atoms with Gasteiger partial charge in [0, 0.05) is 36.5 Å². The predicted molar refractivity (Wildman–Crippen MR) is 95.3 cm³/mol. The van der Waals surface area contributed by atoms with Gasteiger partial charge in [-0.15, -0.1) is 11.3 Å². The summed E-state index contributed by atoms with van der Waals surface area (Å²) in [5.41, 5.74) is 3.38. The minimum Gasteiger partial charge on any atom is -0.350 e. The first-order valence-corrected chi connectivity index (χ1v) is 9.59. The lowest BCUT2D eigenvalue weighted by Crippen LogP contribution is -2.26. The lowest BCUT2D eigenvalue weighted by Gasteiger charge is -2.00. The summed E-state index contributed by atoms with van der Waals surface area (Å²) in [6.07, 6.45) is 6.53. The molecule has 23 heavy (non-hydrogen) atoms. The zero-order valence-corrected chi connectivity index (χ0v) is 14.7. The second-order valence-electron chi connectivity index (χ2n) is 5.27. The molecule has 0 unspecified atom stereocenters. The normalized spacial score (nSPS) is 11.0. The molecular weight excluding hydrogens is 328 g/mol. The van der Waals surface area contributed by atoms with Gasteiger partial charge in [-0.2, -0.15) is 11.8 Å². The van der Waals surface area contributed by atoms with E-state index in [9.17, 15) is 4.79 Å². The van der Waals surface area contributed by atoms with Crippen LogP contribution in [0.15, 0.2) is 29.9 Å². The Morgan fingerprint density at radius 2 is 2.22 bits per heavy atom. The van der Waals surface area contributed by atoms with Gasteiger partial charge in [-0.3, -0.25) is 4.79 Å². The number of carbonyl (C=O) groups excluding carboxylic acids is 1. The highest BCUT2D eigenvalue weighted by Crippen LogP contribution is 2.15. The van der Waals surface area contributed by atoms with Crippen molar-refractivity contribution >= 4 is 34.7 Å². The van der Waals surface area contributed by atoms with E-state index in [2.05, 4.69) is 26.9 Å². The maximum Gasteiger partial charge on any atom is 0.271 e. The number of imidazole rings is 1. The molecule has 0 radical (unpaired) electrons. The summed E-state index contributed by atoms with van der Waals surface area (Å²) in [5.74, 6) is 0.795. The van der Waals surface area contributed by atoms with E-state index < -0.39 is 0 Å². The molecule has 0 fully saturated rings. The fraction of sp³-hybridized carbons (Fsp3) is 0.312. The molecule has 3 heterocycles. The molecule has 0 saturated carbocycles. The smallest absolute Gasteiger partial charge is 0.271 e. The van der Waals surface area contributed by atoms with Gasteiger partial charge in [0.25, 0.3) is 5.91 Å². The third kappa shape index (κ3) is 3.92. The van der Waals surface area contributed by atoms with Crippen molar-refractivity contribution in [3.05, 3.63) is 51.9 Å². The second-order valence-corrected chi connectivity index (χ2v) is 7.08. The van der Waals surface area contributed by atoms with Crippen molar-refractivity contribution in [3.63, 3.8) is 0 Å². The van der Waals surface area contributed by atoms with E-state index in [1.165, 1.54) is 0 Å². The number of nitrogens with one attached hydrogen (secondary N) is 1.